The second-order valence-corrected chi connectivity index (χ2v) is 8.66. The van der Waals surface area contributed by atoms with Crippen LogP contribution in [-0.4, -0.2) is 52.7 Å². The molecule has 6 heteroatoms. The molecule has 2 atom stereocenters. The maximum absolute atomic E-state index is 13.1. The highest BCUT2D eigenvalue weighted by Gasteiger charge is 2.51. The minimum Gasteiger partial charge on any atom is -0.368 e. The van der Waals surface area contributed by atoms with E-state index in [-0.39, 0.29) is 17.6 Å². The van der Waals surface area contributed by atoms with Gasteiger partial charge in [-0.25, -0.2) is 4.98 Å². The molecule has 0 radical (unpaired) electrons. The highest BCUT2D eigenvalue weighted by atomic mass is 16.5. The molecule has 3 aliphatic rings. The van der Waals surface area contributed by atoms with Crippen molar-refractivity contribution in [2.24, 2.45) is 5.92 Å². The van der Waals surface area contributed by atoms with Crippen molar-refractivity contribution in [1.82, 2.24) is 14.5 Å². The van der Waals surface area contributed by atoms with Gasteiger partial charge in [0, 0.05) is 38.6 Å². The fourth-order valence-electron chi connectivity index (χ4n) is 5.12. The van der Waals surface area contributed by atoms with Crippen molar-refractivity contribution >= 4 is 11.6 Å². The van der Waals surface area contributed by atoms with Crippen molar-refractivity contribution < 1.29 is 9.53 Å². The van der Waals surface area contributed by atoms with Gasteiger partial charge in [-0.15, -0.1) is 0 Å². The van der Waals surface area contributed by atoms with Crippen LogP contribution in [0.2, 0.25) is 0 Å². The maximum atomic E-state index is 13.1. The van der Waals surface area contributed by atoms with Crippen molar-refractivity contribution in [3.63, 3.8) is 0 Å². The number of amides is 1. The molecule has 6 nitrogen and oxygen atoms in total. The molecule has 2 saturated heterocycles. The normalized spacial score (nSPS) is 26.2. The molecule has 2 aromatic heterocycles. The lowest BCUT2D eigenvalue weighted by atomic mass is 9.88. The van der Waals surface area contributed by atoms with Crippen molar-refractivity contribution in [2.45, 2.75) is 44.8 Å². The molecular weight excluding hydrogens is 352 g/mol. The Morgan fingerprint density at radius 1 is 1.36 bits per heavy atom. The Balaban J connectivity index is 1.56. The number of ether oxygens (including phenoxy) is 1. The first kappa shape index (κ1) is 17.7. The van der Waals surface area contributed by atoms with Crippen LogP contribution in [-0.2, 0) is 15.1 Å². The summed E-state index contributed by atoms with van der Waals surface area (Å²) in [5, 5.41) is 0. The third kappa shape index (κ3) is 2.58. The second kappa shape index (κ2) is 6.62. The molecule has 0 saturated carbocycles. The highest BCUT2D eigenvalue weighted by molar-refractivity contribution is 5.82. The van der Waals surface area contributed by atoms with Crippen molar-refractivity contribution in [3.05, 3.63) is 42.4 Å². The molecule has 148 valence electrons. The van der Waals surface area contributed by atoms with Gasteiger partial charge in [0.1, 0.15) is 11.6 Å². The number of rotatable bonds is 3. The van der Waals surface area contributed by atoms with Gasteiger partial charge in [-0.1, -0.05) is 13.8 Å². The first-order valence-corrected chi connectivity index (χ1v) is 10.4. The molecule has 2 aromatic rings. The SMILES string of the molecule is CC(C)CN1c2cccnc2-n2cccc2C12CCN(C(=O)[C@H]1CCCO1)C2. The Bertz CT molecular complexity index is 886. The van der Waals surface area contributed by atoms with Crippen LogP contribution in [0.15, 0.2) is 36.7 Å². The summed E-state index contributed by atoms with van der Waals surface area (Å²) in [7, 11) is 0. The van der Waals surface area contributed by atoms with Gasteiger partial charge in [-0.3, -0.25) is 4.79 Å². The number of carbonyl (C=O) groups is 1. The zero-order valence-electron chi connectivity index (χ0n) is 16.7. The number of nitrogens with zero attached hydrogens (tertiary/aromatic N) is 4. The topological polar surface area (TPSA) is 50.6 Å². The van der Waals surface area contributed by atoms with Gasteiger partial charge in [0.2, 0.25) is 0 Å². The first-order valence-electron chi connectivity index (χ1n) is 10.4. The standard InChI is InChI=1S/C22H28N4O2/c1-16(2)14-26-17-6-3-10-23-20(17)25-11-4-8-19(25)22(26)9-12-24(15-22)21(27)18-7-5-13-28-18/h3-4,6,8,10-11,16,18H,5,7,9,12-15H2,1-2H3/t18-,22?/m1/s1. The van der Waals surface area contributed by atoms with E-state index in [1.807, 2.05) is 17.2 Å². The molecule has 2 fully saturated rings. The Hall–Kier alpha value is -2.34. The van der Waals surface area contributed by atoms with Crippen LogP contribution in [0.1, 0.15) is 38.8 Å². The van der Waals surface area contributed by atoms with E-state index >= 15 is 0 Å². The van der Waals surface area contributed by atoms with E-state index in [1.54, 1.807) is 0 Å². The summed E-state index contributed by atoms with van der Waals surface area (Å²) in [4.78, 5) is 22.3. The van der Waals surface area contributed by atoms with E-state index in [4.69, 9.17) is 4.74 Å². The lowest BCUT2D eigenvalue weighted by Gasteiger charge is -2.48. The lowest BCUT2D eigenvalue weighted by Crippen LogP contribution is -2.54. The van der Waals surface area contributed by atoms with Crippen molar-refractivity contribution in [2.75, 3.05) is 31.1 Å². The van der Waals surface area contributed by atoms with Crippen LogP contribution in [0.4, 0.5) is 5.69 Å². The minimum atomic E-state index is -0.252. The summed E-state index contributed by atoms with van der Waals surface area (Å²) in [6.45, 7) is 7.62. The van der Waals surface area contributed by atoms with Crippen LogP contribution in [0.3, 0.4) is 0 Å². The fourth-order valence-corrected chi connectivity index (χ4v) is 5.12. The molecule has 0 bridgehead atoms. The number of likely N-dealkylation sites (tertiary alicyclic amines) is 1. The Morgan fingerprint density at radius 3 is 3.04 bits per heavy atom. The van der Waals surface area contributed by atoms with Crippen LogP contribution >= 0.6 is 0 Å². The summed E-state index contributed by atoms with van der Waals surface area (Å²) in [6, 6.07) is 8.47. The average Bonchev–Trinajstić information content (AvgIpc) is 3.45. The third-order valence-corrected chi connectivity index (χ3v) is 6.34. The molecule has 0 aliphatic carbocycles. The number of fused-ring (bicyclic) bond motifs is 4. The van der Waals surface area contributed by atoms with E-state index in [9.17, 15) is 4.79 Å². The summed E-state index contributed by atoms with van der Waals surface area (Å²) in [6.07, 6.45) is 6.46. The van der Waals surface area contributed by atoms with Gasteiger partial charge >= 0.3 is 0 Å². The predicted octanol–water partition coefficient (Wildman–Crippen LogP) is 2.95. The number of carbonyl (C=O) groups excluding carboxylic acids is 1. The zero-order valence-corrected chi connectivity index (χ0v) is 16.7. The molecule has 1 amide bonds. The number of anilines is 1. The Morgan fingerprint density at radius 2 is 2.25 bits per heavy atom. The average molecular weight is 380 g/mol. The zero-order chi connectivity index (χ0) is 19.3. The van der Waals surface area contributed by atoms with Crippen LogP contribution < -0.4 is 4.90 Å². The lowest BCUT2D eigenvalue weighted by molar-refractivity contribution is -0.140. The number of aromatic nitrogens is 2. The van der Waals surface area contributed by atoms with Gasteiger partial charge in [0.25, 0.3) is 5.91 Å². The monoisotopic (exact) mass is 380 g/mol. The van der Waals surface area contributed by atoms with Crippen LogP contribution in [0.25, 0.3) is 5.82 Å². The smallest absolute Gasteiger partial charge is 0.251 e. The number of hydrogen-bond acceptors (Lipinski definition) is 4. The molecule has 1 spiro atoms. The van der Waals surface area contributed by atoms with Crippen molar-refractivity contribution in [3.8, 4) is 5.82 Å². The van der Waals surface area contributed by atoms with E-state index in [0.717, 1.165) is 43.9 Å². The minimum absolute atomic E-state index is 0.161. The second-order valence-electron chi connectivity index (χ2n) is 8.66. The van der Waals surface area contributed by atoms with Gasteiger partial charge < -0.3 is 19.1 Å². The molecular formula is C22H28N4O2. The predicted molar refractivity (Wildman–Crippen MR) is 108 cm³/mol. The molecule has 0 N–H and O–H groups in total. The third-order valence-electron chi connectivity index (χ3n) is 6.34. The van der Waals surface area contributed by atoms with Gasteiger partial charge in [0.05, 0.1) is 11.4 Å². The number of pyridine rings is 1. The fraction of sp³-hybridized carbons (Fsp3) is 0.545. The van der Waals surface area contributed by atoms with Gasteiger partial charge in [0.15, 0.2) is 5.82 Å². The van der Waals surface area contributed by atoms with Gasteiger partial charge in [-0.2, -0.15) is 0 Å². The van der Waals surface area contributed by atoms with E-state index in [1.165, 1.54) is 5.69 Å². The summed E-state index contributed by atoms with van der Waals surface area (Å²) in [5.74, 6) is 1.65. The summed E-state index contributed by atoms with van der Waals surface area (Å²) >= 11 is 0. The largest absolute Gasteiger partial charge is 0.368 e. The summed E-state index contributed by atoms with van der Waals surface area (Å²) in [5.41, 5.74) is 2.19. The molecule has 5 heterocycles. The Labute approximate surface area is 166 Å². The number of hydrogen-bond donors (Lipinski definition) is 0. The molecule has 0 aromatic carbocycles. The van der Waals surface area contributed by atoms with Crippen LogP contribution in [0, 0.1) is 5.92 Å². The summed E-state index contributed by atoms with van der Waals surface area (Å²) < 4.78 is 7.90. The van der Waals surface area contributed by atoms with E-state index in [0.29, 0.717) is 19.1 Å². The van der Waals surface area contributed by atoms with E-state index in [2.05, 4.69) is 52.7 Å². The van der Waals surface area contributed by atoms with Crippen molar-refractivity contribution in [1.29, 1.82) is 0 Å². The van der Waals surface area contributed by atoms with Gasteiger partial charge in [-0.05, 0) is 49.4 Å². The maximum Gasteiger partial charge on any atom is 0.251 e. The molecule has 28 heavy (non-hydrogen) atoms. The molecule has 1 unspecified atom stereocenters. The highest BCUT2D eigenvalue weighted by Crippen LogP contribution is 2.47. The Kier molecular flexibility index (Phi) is 4.19. The van der Waals surface area contributed by atoms with E-state index < -0.39 is 0 Å². The van der Waals surface area contributed by atoms with Crippen LogP contribution in [0.5, 0.6) is 0 Å². The molecule has 5 rings (SSSR count). The molecule has 3 aliphatic heterocycles. The first-order chi connectivity index (χ1) is 13.6. The quantitative estimate of drug-likeness (QED) is 0.822.